The van der Waals surface area contributed by atoms with Gasteiger partial charge in [0.2, 0.25) is 0 Å². The second kappa shape index (κ2) is 16.3. The second-order valence-corrected chi connectivity index (χ2v) is 17.7. The molecule has 4 nitrogen and oxygen atoms in total. The standard InChI is InChI=1S/C65H44N4/c1-3-5-17-42(4-2)59-41-60(43-18-7-6-8-19-43)67-65(66-59)44-28-32-47(33-29-44)68-61-26-15-13-24-54(61)56-35-30-45(38-63(56)68)46-31-36-57-55-25-14-16-27-62(55)69(64(57)39-46)48-34-37-53-51-22-10-9-20-49(51)50-21-11-12-23-52(50)58(53)40-48/h3-41H,2H2,1H3/b5-3-,42-17+. The van der Waals surface area contributed by atoms with Crippen molar-refractivity contribution in [3.63, 3.8) is 0 Å². The molecule has 0 saturated carbocycles. The minimum absolute atomic E-state index is 0.661. The molecule has 0 saturated heterocycles. The normalized spacial score (nSPS) is 12.2. The van der Waals surface area contributed by atoms with Gasteiger partial charge in [0.05, 0.1) is 33.5 Å². The number of fused-ring (bicyclic) bond motifs is 12. The third kappa shape index (κ3) is 6.60. The molecule has 13 rings (SSSR count). The molecule has 3 aromatic heterocycles. The number of allylic oxidation sites excluding steroid dienone is 5. The van der Waals surface area contributed by atoms with Gasteiger partial charge in [-0.1, -0.05) is 176 Å². The number of nitrogens with zero attached hydrogens (tertiary/aromatic N) is 4. The summed E-state index contributed by atoms with van der Waals surface area (Å²) < 4.78 is 4.84. The summed E-state index contributed by atoms with van der Waals surface area (Å²) in [6, 6.07) is 77.0. The molecule has 0 atom stereocenters. The highest BCUT2D eigenvalue weighted by molar-refractivity contribution is 6.25. The first-order valence-corrected chi connectivity index (χ1v) is 23.5. The Morgan fingerprint density at radius 3 is 1.43 bits per heavy atom. The average molecular weight is 881 g/mol. The van der Waals surface area contributed by atoms with Crippen LogP contribution in [0.2, 0.25) is 0 Å². The predicted octanol–water partition coefficient (Wildman–Crippen LogP) is 17.3. The molecular formula is C65H44N4. The molecule has 4 heteroatoms. The lowest BCUT2D eigenvalue weighted by molar-refractivity contribution is 1.15. The highest BCUT2D eigenvalue weighted by atomic mass is 15.0. The summed E-state index contributed by atoms with van der Waals surface area (Å²) in [7, 11) is 0. The van der Waals surface area contributed by atoms with E-state index in [0.717, 1.165) is 61.6 Å². The van der Waals surface area contributed by atoms with Crippen molar-refractivity contribution in [2.75, 3.05) is 0 Å². The van der Waals surface area contributed by atoms with Crippen LogP contribution in [0.3, 0.4) is 0 Å². The topological polar surface area (TPSA) is 35.6 Å². The highest BCUT2D eigenvalue weighted by Gasteiger charge is 2.18. The predicted molar refractivity (Wildman–Crippen MR) is 293 cm³/mol. The maximum absolute atomic E-state index is 5.11. The van der Waals surface area contributed by atoms with E-state index < -0.39 is 0 Å². The molecule has 13 aromatic rings. The summed E-state index contributed by atoms with van der Waals surface area (Å²) in [6.07, 6.45) is 7.92. The first-order valence-electron chi connectivity index (χ1n) is 23.5. The Bertz CT molecular complexity index is 4230. The minimum atomic E-state index is 0.661. The smallest absolute Gasteiger partial charge is 0.160 e. The van der Waals surface area contributed by atoms with Gasteiger partial charge in [0.25, 0.3) is 0 Å². The van der Waals surface area contributed by atoms with Gasteiger partial charge < -0.3 is 9.13 Å². The Kier molecular flexibility index (Phi) is 9.51. The lowest BCUT2D eigenvalue weighted by Gasteiger charge is -2.14. The van der Waals surface area contributed by atoms with E-state index >= 15 is 0 Å². The number of hydrogen-bond donors (Lipinski definition) is 0. The molecule has 0 amide bonds. The summed E-state index contributed by atoms with van der Waals surface area (Å²) in [5.41, 5.74) is 13.8. The van der Waals surface area contributed by atoms with Crippen molar-refractivity contribution in [1.82, 2.24) is 19.1 Å². The van der Waals surface area contributed by atoms with Gasteiger partial charge in [-0.3, -0.25) is 0 Å². The summed E-state index contributed by atoms with van der Waals surface area (Å²) >= 11 is 0. The monoisotopic (exact) mass is 880 g/mol. The summed E-state index contributed by atoms with van der Waals surface area (Å²) in [5, 5.41) is 12.5. The van der Waals surface area contributed by atoms with Gasteiger partial charge in [-0.2, -0.15) is 0 Å². The van der Waals surface area contributed by atoms with Crippen molar-refractivity contribution in [2.45, 2.75) is 6.92 Å². The van der Waals surface area contributed by atoms with E-state index in [2.05, 4.69) is 204 Å². The molecule has 0 spiro atoms. The number of benzene rings is 10. The summed E-state index contributed by atoms with van der Waals surface area (Å²) in [6.45, 7) is 6.11. The van der Waals surface area contributed by atoms with Gasteiger partial charge in [0, 0.05) is 44.0 Å². The van der Waals surface area contributed by atoms with Crippen molar-refractivity contribution >= 4 is 81.5 Å². The van der Waals surface area contributed by atoms with Gasteiger partial charge in [-0.05, 0) is 123 Å². The van der Waals surface area contributed by atoms with Crippen molar-refractivity contribution in [1.29, 1.82) is 0 Å². The molecular weight excluding hydrogens is 837 g/mol. The molecule has 69 heavy (non-hydrogen) atoms. The number of aromatic nitrogens is 4. The lowest BCUT2D eigenvalue weighted by Crippen LogP contribution is -1.99. The molecule has 0 N–H and O–H groups in total. The van der Waals surface area contributed by atoms with Crippen molar-refractivity contribution < 1.29 is 0 Å². The van der Waals surface area contributed by atoms with Crippen LogP contribution in [0.4, 0.5) is 0 Å². The van der Waals surface area contributed by atoms with Gasteiger partial charge >= 0.3 is 0 Å². The zero-order chi connectivity index (χ0) is 46.0. The van der Waals surface area contributed by atoms with E-state index in [1.807, 2.05) is 55.5 Å². The van der Waals surface area contributed by atoms with Crippen molar-refractivity contribution in [2.24, 2.45) is 0 Å². The zero-order valence-electron chi connectivity index (χ0n) is 38.0. The third-order valence-electron chi connectivity index (χ3n) is 13.8. The SMILES string of the molecule is C=C/C(=C\C=C/C)c1cc(-c2ccccc2)nc(-c2ccc(-n3c4ccccc4c4ccc(-c5ccc6c7ccccc7n(-c7ccc8c9ccccc9c9ccccc9c8c7)c6c5)cc43)cc2)n1. The fraction of sp³-hybridized carbons (Fsp3) is 0.0154. The molecule has 0 aliphatic heterocycles. The van der Waals surface area contributed by atoms with Crippen LogP contribution in [0.15, 0.2) is 243 Å². The first kappa shape index (κ1) is 40.2. The highest BCUT2D eigenvalue weighted by Crippen LogP contribution is 2.41. The molecule has 0 unspecified atom stereocenters. The molecule has 0 aliphatic rings. The van der Waals surface area contributed by atoms with Crippen molar-refractivity contribution in [3.05, 3.63) is 249 Å². The number of hydrogen-bond acceptors (Lipinski definition) is 2. The fourth-order valence-electron chi connectivity index (χ4n) is 10.6. The molecule has 10 aromatic carbocycles. The first-order chi connectivity index (χ1) is 34.1. The second-order valence-electron chi connectivity index (χ2n) is 17.7. The van der Waals surface area contributed by atoms with Crippen LogP contribution in [0.1, 0.15) is 12.6 Å². The fourth-order valence-corrected chi connectivity index (χ4v) is 10.6. The maximum Gasteiger partial charge on any atom is 0.160 e. The van der Waals surface area contributed by atoms with Crippen LogP contribution < -0.4 is 0 Å². The van der Waals surface area contributed by atoms with Gasteiger partial charge in [0.1, 0.15) is 0 Å². The Hall–Kier alpha value is -9.12. The minimum Gasteiger partial charge on any atom is -0.309 e. The summed E-state index contributed by atoms with van der Waals surface area (Å²) in [4.78, 5) is 10.2. The Balaban J connectivity index is 0.947. The maximum atomic E-state index is 5.11. The van der Waals surface area contributed by atoms with E-state index in [1.165, 1.54) is 64.9 Å². The molecule has 324 valence electrons. The quantitative estimate of drug-likeness (QED) is 0.113. The van der Waals surface area contributed by atoms with Crippen LogP contribution in [0.5, 0.6) is 0 Å². The van der Waals surface area contributed by atoms with E-state index in [-0.39, 0.29) is 0 Å². The van der Waals surface area contributed by atoms with Crippen LogP contribution in [0.25, 0.3) is 127 Å². The molecule has 3 heterocycles. The van der Waals surface area contributed by atoms with E-state index in [4.69, 9.17) is 9.97 Å². The molecule has 0 radical (unpaired) electrons. The zero-order valence-corrected chi connectivity index (χ0v) is 38.0. The molecule has 0 aliphatic carbocycles. The van der Waals surface area contributed by atoms with Crippen LogP contribution >= 0.6 is 0 Å². The molecule has 0 fully saturated rings. The average Bonchev–Trinajstić information content (AvgIpc) is 3.93. The molecule has 0 bridgehead atoms. The Morgan fingerprint density at radius 2 is 0.855 bits per heavy atom. The van der Waals surface area contributed by atoms with Crippen LogP contribution in [-0.2, 0) is 0 Å². The Morgan fingerprint density at radius 1 is 0.391 bits per heavy atom. The number of para-hydroxylation sites is 2. The summed E-state index contributed by atoms with van der Waals surface area (Å²) in [5.74, 6) is 0.661. The van der Waals surface area contributed by atoms with Gasteiger partial charge in [0.15, 0.2) is 5.82 Å². The Labute approximate surface area is 399 Å². The third-order valence-corrected chi connectivity index (χ3v) is 13.8. The largest absolute Gasteiger partial charge is 0.309 e. The van der Waals surface area contributed by atoms with Gasteiger partial charge in [-0.15, -0.1) is 0 Å². The van der Waals surface area contributed by atoms with E-state index in [1.54, 1.807) is 0 Å². The van der Waals surface area contributed by atoms with E-state index in [0.29, 0.717) is 5.82 Å². The lowest BCUT2D eigenvalue weighted by atomic mass is 9.94. The van der Waals surface area contributed by atoms with Gasteiger partial charge in [-0.25, -0.2) is 9.97 Å². The van der Waals surface area contributed by atoms with Crippen molar-refractivity contribution in [3.8, 4) is 45.1 Å². The number of rotatable bonds is 8. The van der Waals surface area contributed by atoms with Crippen LogP contribution in [0, 0.1) is 0 Å². The van der Waals surface area contributed by atoms with E-state index in [9.17, 15) is 0 Å². The van der Waals surface area contributed by atoms with Crippen LogP contribution in [-0.4, -0.2) is 19.1 Å².